The van der Waals surface area contributed by atoms with Crippen molar-refractivity contribution in [3.05, 3.63) is 24.3 Å². The Labute approximate surface area is 109 Å². The predicted molar refractivity (Wildman–Crippen MR) is 67.9 cm³/mol. The summed E-state index contributed by atoms with van der Waals surface area (Å²) in [5, 5.41) is 4.74. The van der Waals surface area contributed by atoms with Crippen LogP contribution in [0.4, 0.5) is 24.5 Å². The standard InChI is InChI=1S/C12H16F3N3O/c1-2-8(16)11(19)18-10-6-4-3-5-9(10)17-7-12(13,14)15/h3-6,8,17H,2,7,16H2,1H3,(H,18,19)/t8-/m0/s1. The molecule has 1 amide bonds. The molecule has 0 aliphatic rings. The Hall–Kier alpha value is -1.76. The molecule has 4 nitrogen and oxygen atoms in total. The molecule has 0 saturated heterocycles. The molecule has 0 aromatic heterocycles. The van der Waals surface area contributed by atoms with E-state index in [1.165, 1.54) is 12.1 Å². The minimum atomic E-state index is -4.32. The molecule has 4 N–H and O–H groups in total. The van der Waals surface area contributed by atoms with Crippen LogP contribution in [0.15, 0.2) is 24.3 Å². The molecule has 7 heteroatoms. The quantitative estimate of drug-likeness (QED) is 0.772. The fourth-order valence-electron chi connectivity index (χ4n) is 1.35. The lowest BCUT2D eigenvalue weighted by Crippen LogP contribution is -2.35. The van der Waals surface area contributed by atoms with Gasteiger partial charge in [-0.15, -0.1) is 0 Å². The Morgan fingerprint density at radius 3 is 2.42 bits per heavy atom. The van der Waals surface area contributed by atoms with Crippen molar-refractivity contribution in [3.63, 3.8) is 0 Å². The first-order valence-electron chi connectivity index (χ1n) is 5.79. The van der Waals surface area contributed by atoms with E-state index in [1.54, 1.807) is 19.1 Å². The second kappa shape index (κ2) is 6.42. The summed E-state index contributed by atoms with van der Waals surface area (Å²) in [6.45, 7) is 0.581. The van der Waals surface area contributed by atoms with Crippen LogP contribution in [0.5, 0.6) is 0 Å². The molecule has 1 atom stereocenters. The summed E-state index contributed by atoms with van der Waals surface area (Å²) in [5.74, 6) is -0.427. The normalized spacial score (nSPS) is 12.9. The van der Waals surface area contributed by atoms with Gasteiger partial charge in [0.25, 0.3) is 0 Å². The van der Waals surface area contributed by atoms with Crippen LogP contribution in [0.2, 0.25) is 0 Å². The van der Waals surface area contributed by atoms with Gasteiger partial charge in [-0.25, -0.2) is 0 Å². The van der Waals surface area contributed by atoms with E-state index in [9.17, 15) is 18.0 Å². The Bertz CT molecular complexity index is 434. The highest BCUT2D eigenvalue weighted by Crippen LogP contribution is 2.23. The number of nitrogens with two attached hydrogens (primary N) is 1. The summed E-state index contributed by atoms with van der Waals surface area (Å²) in [7, 11) is 0. The maximum atomic E-state index is 12.1. The third-order valence-corrected chi connectivity index (χ3v) is 2.44. The summed E-state index contributed by atoms with van der Waals surface area (Å²) < 4.78 is 36.4. The number of benzene rings is 1. The Morgan fingerprint density at radius 1 is 1.32 bits per heavy atom. The second-order valence-corrected chi connectivity index (χ2v) is 4.02. The van der Waals surface area contributed by atoms with E-state index < -0.39 is 24.7 Å². The fraction of sp³-hybridized carbons (Fsp3) is 0.417. The number of carbonyl (C=O) groups is 1. The van der Waals surface area contributed by atoms with Crippen LogP contribution < -0.4 is 16.4 Å². The van der Waals surface area contributed by atoms with Crippen LogP contribution in [0.3, 0.4) is 0 Å². The van der Waals surface area contributed by atoms with Gasteiger partial charge < -0.3 is 16.4 Å². The third kappa shape index (κ3) is 5.17. The van der Waals surface area contributed by atoms with Gasteiger partial charge >= 0.3 is 6.18 Å². The third-order valence-electron chi connectivity index (χ3n) is 2.44. The molecular formula is C12H16F3N3O. The number of anilines is 2. The molecule has 0 bridgehead atoms. The van der Waals surface area contributed by atoms with Gasteiger partial charge in [0.1, 0.15) is 6.54 Å². The average molecular weight is 275 g/mol. The van der Waals surface area contributed by atoms with Crippen molar-refractivity contribution in [1.29, 1.82) is 0 Å². The summed E-state index contributed by atoms with van der Waals surface area (Å²) in [5.41, 5.74) is 6.03. The highest BCUT2D eigenvalue weighted by molar-refractivity contribution is 5.97. The number of hydrogen-bond donors (Lipinski definition) is 3. The molecule has 19 heavy (non-hydrogen) atoms. The van der Waals surface area contributed by atoms with Gasteiger partial charge in [0.2, 0.25) is 5.91 Å². The van der Waals surface area contributed by atoms with E-state index in [0.717, 1.165) is 0 Å². The molecule has 1 aromatic rings. The van der Waals surface area contributed by atoms with E-state index >= 15 is 0 Å². The number of nitrogens with one attached hydrogen (secondary N) is 2. The van der Waals surface area contributed by atoms with Gasteiger partial charge in [-0.2, -0.15) is 13.2 Å². The van der Waals surface area contributed by atoms with Gasteiger partial charge in [0.15, 0.2) is 0 Å². The minimum absolute atomic E-state index is 0.205. The molecule has 0 aliphatic carbocycles. The zero-order chi connectivity index (χ0) is 14.5. The zero-order valence-corrected chi connectivity index (χ0v) is 10.4. The maximum Gasteiger partial charge on any atom is 0.405 e. The first-order valence-corrected chi connectivity index (χ1v) is 5.79. The fourth-order valence-corrected chi connectivity index (χ4v) is 1.35. The van der Waals surface area contributed by atoms with Crippen molar-refractivity contribution in [3.8, 4) is 0 Å². The largest absolute Gasteiger partial charge is 0.405 e. The number of halogens is 3. The highest BCUT2D eigenvalue weighted by atomic mass is 19.4. The van der Waals surface area contributed by atoms with Crippen LogP contribution in [-0.4, -0.2) is 24.7 Å². The number of amides is 1. The average Bonchev–Trinajstić information content (AvgIpc) is 2.35. The first kappa shape index (κ1) is 15.3. The molecule has 0 spiro atoms. The van der Waals surface area contributed by atoms with E-state index in [0.29, 0.717) is 6.42 Å². The molecule has 0 fully saturated rings. The van der Waals surface area contributed by atoms with Gasteiger partial charge in [0, 0.05) is 0 Å². The van der Waals surface area contributed by atoms with Crippen molar-refractivity contribution in [1.82, 2.24) is 0 Å². The lowest BCUT2D eigenvalue weighted by atomic mass is 10.2. The number of rotatable bonds is 5. The highest BCUT2D eigenvalue weighted by Gasteiger charge is 2.27. The SMILES string of the molecule is CC[C@H](N)C(=O)Nc1ccccc1NCC(F)(F)F. The molecule has 0 aliphatic heterocycles. The Kier molecular flexibility index (Phi) is 5.17. The summed E-state index contributed by atoms with van der Waals surface area (Å²) in [4.78, 5) is 11.6. The molecular weight excluding hydrogens is 259 g/mol. The van der Waals surface area contributed by atoms with Crippen LogP contribution >= 0.6 is 0 Å². The number of alkyl halides is 3. The minimum Gasteiger partial charge on any atom is -0.375 e. The monoisotopic (exact) mass is 275 g/mol. The summed E-state index contributed by atoms with van der Waals surface area (Å²) in [6.07, 6.45) is -3.87. The molecule has 0 saturated carbocycles. The number of para-hydroxylation sites is 2. The smallest absolute Gasteiger partial charge is 0.375 e. The van der Waals surface area contributed by atoms with Gasteiger partial charge in [-0.1, -0.05) is 19.1 Å². The first-order chi connectivity index (χ1) is 8.83. The molecule has 0 radical (unpaired) electrons. The summed E-state index contributed by atoms with van der Waals surface area (Å²) in [6, 6.07) is 5.48. The van der Waals surface area contributed by atoms with Gasteiger partial charge in [-0.3, -0.25) is 4.79 Å². The van der Waals surface area contributed by atoms with Crippen molar-refractivity contribution in [2.75, 3.05) is 17.2 Å². The van der Waals surface area contributed by atoms with E-state index in [2.05, 4.69) is 10.6 Å². The van der Waals surface area contributed by atoms with Crippen molar-refractivity contribution in [2.24, 2.45) is 5.73 Å². The van der Waals surface area contributed by atoms with Crippen LogP contribution in [0, 0.1) is 0 Å². The van der Waals surface area contributed by atoms with E-state index in [1.807, 2.05) is 0 Å². The Morgan fingerprint density at radius 2 is 1.89 bits per heavy atom. The van der Waals surface area contributed by atoms with Crippen LogP contribution in [-0.2, 0) is 4.79 Å². The molecule has 1 rings (SSSR count). The van der Waals surface area contributed by atoms with Crippen molar-refractivity contribution >= 4 is 17.3 Å². The maximum absolute atomic E-state index is 12.1. The van der Waals surface area contributed by atoms with Gasteiger partial charge in [0.05, 0.1) is 17.4 Å². The molecule has 0 heterocycles. The van der Waals surface area contributed by atoms with Crippen LogP contribution in [0.25, 0.3) is 0 Å². The van der Waals surface area contributed by atoms with E-state index in [4.69, 9.17) is 5.73 Å². The second-order valence-electron chi connectivity index (χ2n) is 4.02. The lowest BCUT2D eigenvalue weighted by Gasteiger charge is -2.16. The number of carbonyl (C=O) groups excluding carboxylic acids is 1. The molecule has 0 unspecified atom stereocenters. The van der Waals surface area contributed by atoms with Gasteiger partial charge in [-0.05, 0) is 18.6 Å². The number of hydrogen-bond acceptors (Lipinski definition) is 3. The topological polar surface area (TPSA) is 67.2 Å². The summed E-state index contributed by atoms with van der Waals surface area (Å²) >= 11 is 0. The molecule has 106 valence electrons. The predicted octanol–water partition coefficient (Wildman–Crippen LogP) is 2.34. The van der Waals surface area contributed by atoms with E-state index in [-0.39, 0.29) is 11.4 Å². The molecule has 1 aromatic carbocycles. The lowest BCUT2D eigenvalue weighted by molar-refractivity contribution is -0.117. The Balaban J connectivity index is 2.76. The van der Waals surface area contributed by atoms with Crippen LogP contribution in [0.1, 0.15) is 13.3 Å². The van der Waals surface area contributed by atoms with Crippen molar-refractivity contribution in [2.45, 2.75) is 25.6 Å². The zero-order valence-electron chi connectivity index (χ0n) is 10.4. The van der Waals surface area contributed by atoms with Crippen molar-refractivity contribution < 1.29 is 18.0 Å².